The zero-order chi connectivity index (χ0) is 14.3. The Kier molecular flexibility index (Phi) is 3.59. The first kappa shape index (κ1) is 14.3. The maximum atomic E-state index is 12.1. The molecule has 1 aliphatic carbocycles. The highest BCUT2D eigenvalue weighted by molar-refractivity contribution is 7.92. The van der Waals surface area contributed by atoms with E-state index in [2.05, 4.69) is 0 Å². The molecule has 1 aromatic carbocycles. The molecule has 106 valence electrons. The molecular formula is C13H20N2O3S. The molecule has 19 heavy (non-hydrogen) atoms. The molecule has 5 nitrogen and oxygen atoms in total. The number of ether oxygens (including phenoxy) is 1. The first-order valence-corrected chi connectivity index (χ1v) is 7.96. The molecule has 6 heteroatoms. The van der Waals surface area contributed by atoms with Gasteiger partial charge < -0.3 is 16.2 Å². The second kappa shape index (κ2) is 4.77. The van der Waals surface area contributed by atoms with Gasteiger partial charge in [0.15, 0.2) is 9.84 Å². The van der Waals surface area contributed by atoms with E-state index in [4.69, 9.17) is 16.2 Å². The second-order valence-corrected chi connectivity index (χ2v) is 7.35. The molecule has 0 amide bonds. The smallest absolute Gasteiger partial charge is 0.155 e. The third-order valence-electron chi connectivity index (χ3n) is 3.92. The molecule has 0 heterocycles. The molecule has 2 rings (SSSR count). The third-order valence-corrected chi connectivity index (χ3v) is 6.21. The Morgan fingerprint density at radius 2 is 1.89 bits per heavy atom. The van der Waals surface area contributed by atoms with Crippen LogP contribution >= 0.6 is 0 Å². The molecule has 0 aliphatic heterocycles. The van der Waals surface area contributed by atoms with E-state index in [1.807, 2.05) is 12.1 Å². The average Bonchev–Trinajstić information content (AvgIpc) is 3.07. The summed E-state index contributed by atoms with van der Waals surface area (Å²) in [6.07, 6.45) is 0. The van der Waals surface area contributed by atoms with Gasteiger partial charge in [-0.05, 0) is 17.7 Å². The molecule has 0 saturated heterocycles. The van der Waals surface area contributed by atoms with Crippen molar-refractivity contribution in [2.45, 2.75) is 23.6 Å². The number of methoxy groups -OCH3 is 1. The van der Waals surface area contributed by atoms with Crippen molar-refractivity contribution in [2.75, 3.05) is 19.4 Å². The summed E-state index contributed by atoms with van der Waals surface area (Å²) in [6, 6.07) is 7.32. The number of rotatable bonds is 5. The van der Waals surface area contributed by atoms with Crippen molar-refractivity contribution in [3.63, 3.8) is 0 Å². The monoisotopic (exact) mass is 284 g/mol. The van der Waals surface area contributed by atoms with Crippen molar-refractivity contribution < 1.29 is 13.2 Å². The van der Waals surface area contributed by atoms with E-state index in [-0.39, 0.29) is 18.2 Å². The maximum Gasteiger partial charge on any atom is 0.155 e. The van der Waals surface area contributed by atoms with Gasteiger partial charge in [0.2, 0.25) is 0 Å². The van der Waals surface area contributed by atoms with Crippen LogP contribution in [0.5, 0.6) is 5.75 Å². The van der Waals surface area contributed by atoms with Gasteiger partial charge in [-0.1, -0.05) is 19.1 Å². The van der Waals surface area contributed by atoms with E-state index in [9.17, 15) is 8.42 Å². The summed E-state index contributed by atoms with van der Waals surface area (Å²) in [5.41, 5.74) is 11.9. The van der Waals surface area contributed by atoms with Crippen molar-refractivity contribution >= 4 is 9.84 Å². The predicted molar refractivity (Wildman–Crippen MR) is 75.0 cm³/mol. The van der Waals surface area contributed by atoms with Crippen molar-refractivity contribution in [1.29, 1.82) is 0 Å². The summed E-state index contributed by atoms with van der Waals surface area (Å²) >= 11 is 0. The Morgan fingerprint density at radius 3 is 2.32 bits per heavy atom. The standard InChI is InChI=1S/C13H20N2O3S/c1-3-19(16,17)12-11(13(12,15)8-14)9-4-6-10(18-2)7-5-9/h4-7,11-12H,3,8,14-15H2,1-2H3/t11-,12+,13-/m0/s1. The van der Waals surface area contributed by atoms with E-state index in [0.717, 1.165) is 11.3 Å². The fourth-order valence-electron chi connectivity index (χ4n) is 2.68. The van der Waals surface area contributed by atoms with Crippen LogP contribution in [0.2, 0.25) is 0 Å². The number of hydrogen-bond acceptors (Lipinski definition) is 5. The van der Waals surface area contributed by atoms with Crippen LogP contribution < -0.4 is 16.2 Å². The summed E-state index contributed by atoms with van der Waals surface area (Å²) in [4.78, 5) is 0. The average molecular weight is 284 g/mol. The largest absolute Gasteiger partial charge is 0.497 e. The maximum absolute atomic E-state index is 12.1. The highest BCUT2D eigenvalue weighted by Gasteiger charge is 2.67. The number of benzene rings is 1. The number of nitrogens with two attached hydrogens (primary N) is 2. The van der Waals surface area contributed by atoms with Gasteiger partial charge in [-0.3, -0.25) is 0 Å². The SMILES string of the molecule is CCS(=O)(=O)[C@@H]1[C@H](c2ccc(OC)cc2)[C@@]1(N)CN. The van der Waals surface area contributed by atoms with Crippen molar-refractivity contribution in [2.24, 2.45) is 11.5 Å². The van der Waals surface area contributed by atoms with Crippen LogP contribution in [-0.2, 0) is 9.84 Å². The van der Waals surface area contributed by atoms with E-state index in [0.29, 0.717) is 0 Å². The van der Waals surface area contributed by atoms with E-state index in [1.54, 1.807) is 26.2 Å². The Bertz CT molecular complexity index is 556. The van der Waals surface area contributed by atoms with E-state index in [1.165, 1.54) is 0 Å². The summed E-state index contributed by atoms with van der Waals surface area (Å²) in [5, 5.41) is -0.580. The zero-order valence-corrected chi connectivity index (χ0v) is 12.0. The highest BCUT2D eigenvalue weighted by atomic mass is 32.2. The van der Waals surface area contributed by atoms with Gasteiger partial charge in [0.25, 0.3) is 0 Å². The van der Waals surface area contributed by atoms with Crippen LogP contribution in [0.25, 0.3) is 0 Å². The zero-order valence-electron chi connectivity index (χ0n) is 11.2. The molecule has 3 atom stereocenters. The first-order valence-electron chi connectivity index (χ1n) is 6.25. The normalized spacial score (nSPS) is 30.1. The number of sulfone groups is 1. The van der Waals surface area contributed by atoms with Gasteiger partial charge in [-0.2, -0.15) is 0 Å². The quantitative estimate of drug-likeness (QED) is 0.808. The summed E-state index contributed by atoms with van der Waals surface area (Å²) in [7, 11) is -1.61. The summed E-state index contributed by atoms with van der Waals surface area (Å²) < 4.78 is 29.3. The fourth-order valence-corrected chi connectivity index (χ4v) is 4.70. The van der Waals surface area contributed by atoms with Gasteiger partial charge in [0.1, 0.15) is 5.75 Å². The lowest BCUT2D eigenvalue weighted by atomic mass is 10.1. The molecular weight excluding hydrogens is 264 g/mol. The van der Waals surface area contributed by atoms with Crippen LogP contribution in [0.15, 0.2) is 24.3 Å². The van der Waals surface area contributed by atoms with E-state index >= 15 is 0 Å². The lowest BCUT2D eigenvalue weighted by Gasteiger charge is -2.08. The second-order valence-electron chi connectivity index (χ2n) is 4.94. The molecule has 0 aromatic heterocycles. The minimum Gasteiger partial charge on any atom is -0.497 e. The molecule has 0 unspecified atom stereocenters. The predicted octanol–water partition coefficient (Wildman–Crippen LogP) is 0.252. The molecule has 1 aliphatic rings. The molecule has 0 bridgehead atoms. The van der Waals surface area contributed by atoms with Gasteiger partial charge in [0.05, 0.1) is 17.9 Å². The minimum atomic E-state index is -3.19. The van der Waals surface area contributed by atoms with Crippen molar-refractivity contribution in [3.05, 3.63) is 29.8 Å². The molecule has 1 saturated carbocycles. The van der Waals surface area contributed by atoms with Gasteiger partial charge in [0, 0.05) is 18.2 Å². The lowest BCUT2D eigenvalue weighted by Crippen LogP contribution is -2.39. The first-order chi connectivity index (χ1) is 8.90. The van der Waals surface area contributed by atoms with Gasteiger partial charge >= 0.3 is 0 Å². The molecule has 4 N–H and O–H groups in total. The molecule has 1 fully saturated rings. The summed E-state index contributed by atoms with van der Waals surface area (Å²) in [5.74, 6) is 0.589. The van der Waals surface area contributed by atoms with Crippen LogP contribution in [0, 0.1) is 0 Å². The molecule has 0 spiro atoms. The Morgan fingerprint density at radius 1 is 1.32 bits per heavy atom. The third kappa shape index (κ3) is 2.24. The van der Waals surface area contributed by atoms with Crippen molar-refractivity contribution in [1.82, 2.24) is 0 Å². The highest BCUT2D eigenvalue weighted by Crippen LogP contribution is 2.53. The van der Waals surface area contributed by atoms with Crippen LogP contribution in [0.4, 0.5) is 0 Å². The topological polar surface area (TPSA) is 95.4 Å². The van der Waals surface area contributed by atoms with Crippen LogP contribution in [-0.4, -0.2) is 38.6 Å². The fraction of sp³-hybridized carbons (Fsp3) is 0.538. The Labute approximate surface area is 113 Å². The molecule has 1 aromatic rings. The van der Waals surface area contributed by atoms with Gasteiger partial charge in [-0.25, -0.2) is 8.42 Å². The number of hydrogen-bond donors (Lipinski definition) is 2. The minimum absolute atomic E-state index is 0.0866. The summed E-state index contributed by atoms with van der Waals surface area (Å²) in [6.45, 7) is 1.79. The van der Waals surface area contributed by atoms with Crippen molar-refractivity contribution in [3.8, 4) is 5.75 Å². The van der Waals surface area contributed by atoms with Gasteiger partial charge in [-0.15, -0.1) is 0 Å². The lowest BCUT2D eigenvalue weighted by molar-refractivity contribution is 0.414. The molecule has 0 radical (unpaired) electrons. The Balaban J connectivity index is 2.34. The van der Waals surface area contributed by atoms with Crippen LogP contribution in [0.3, 0.4) is 0 Å². The van der Waals surface area contributed by atoms with E-state index < -0.39 is 20.6 Å². The Hall–Kier alpha value is -1.11. The van der Waals surface area contributed by atoms with Crippen LogP contribution in [0.1, 0.15) is 18.4 Å².